The fraction of sp³-hybridized carbons (Fsp3) is 0.857. The Balaban J connectivity index is 3.71. The summed E-state index contributed by atoms with van der Waals surface area (Å²) in [7, 11) is 0. The average molecular weight is 168 g/mol. The van der Waals surface area contributed by atoms with Gasteiger partial charge in [0.2, 0.25) is 5.78 Å². The van der Waals surface area contributed by atoms with Crippen LogP contribution in [0.1, 0.15) is 26.7 Å². The summed E-state index contributed by atoms with van der Waals surface area (Å²) in [6.07, 6.45) is -4.73. The Kier molecular flexibility index (Phi) is 3.55. The lowest BCUT2D eigenvalue weighted by Gasteiger charge is -2.05. The maximum atomic E-state index is 11.6. The Labute approximate surface area is 63.6 Å². The summed E-state index contributed by atoms with van der Waals surface area (Å²) in [6.45, 7) is 3.56. The first-order valence-electron chi connectivity index (χ1n) is 3.44. The Morgan fingerprint density at radius 1 is 1.36 bits per heavy atom. The first kappa shape index (κ1) is 10.5. The van der Waals surface area contributed by atoms with E-state index in [9.17, 15) is 18.0 Å². The minimum Gasteiger partial charge on any atom is -0.290 e. The first-order chi connectivity index (χ1) is 4.84. The molecule has 0 unspecified atom stereocenters. The van der Waals surface area contributed by atoms with Gasteiger partial charge in [-0.15, -0.1) is 0 Å². The summed E-state index contributed by atoms with van der Waals surface area (Å²) in [6, 6.07) is 0. The van der Waals surface area contributed by atoms with Crippen LogP contribution in [0, 0.1) is 5.92 Å². The average Bonchev–Trinajstić information content (AvgIpc) is 1.80. The second-order valence-electron chi connectivity index (χ2n) is 2.85. The number of alkyl halides is 3. The summed E-state index contributed by atoms with van der Waals surface area (Å²) in [5.74, 6) is -1.48. The van der Waals surface area contributed by atoms with Gasteiger partial charge in [0.05, 0.1) is 0 Å². The Bertz CT molecular complexity index is 137. The van der Waals surface area contributed by atoms with Crippen LogP contribution in [0.4, 0.5) is 13.2 Å². The van der Waals surface area contributed by atoms with Crippen LogP contribution in [-0.2, 0) is 4.79 Å². The van der Waals surface area contributed by atoms with Gasteiger partial charge in [-0.05, 0) is 12.3 Å². The van der Waals surface area contributed by atoms with E-state index in [1.54, 1.807) is 13.8 Å². The number of Topliss-reactive ketones (excluding diaryl/α,β-unsaturated/α-hetero) is 1. The molecular weight excluding hydrogens is 157 g/mol. The van der Waals surface area contributed by atoms with E-state index >= 15 is 0 Å². The molecular formula is C7H11F3O. The number of halogens is 3. The van der Waals surface area contributed by atoms with E-state index in [1.165, 1.54) is 0 Å². The molecule has 0 aromatic carbocycles. The molecule has 0 aromatic heterocycles. The van der Waals surface area contributed by atoms with E-state index in [1.807, 2.05) is 0 Å². The van der Waals surface area contributed by atoms with Crippen molar-refractivity contribution in [1.29, 1.82) is 0 Å². The van der Waals surface area contributed by atoms with E-state index in [0.29, 0.717) is 6.42 Å². The van der Waals surface area contributed by atoms with Gasteiger partial charge in [0.15, 0.2) is 0 Å². The van der Waals surface area contributed by atoms with Crippen molar-refractivity contribution in [3.05, 3.63) is 0 Å². The smallest absolute Gasteiger partial charge is 0.290 e. The highest BCUT2D eigenvalue weighted by Crippen LogP contribution is 2.19. The molecule has 0 fully saturated rings. The van der Waals surface area contributed by atoms with Crippen molar-refractivity contribution in [2.24, 2.45) is 5.92 Å². The molecule has 0 saturated heterocycles. The number of carbonyl (C=O) groups is 1. The normalized spacial score (nSPS) is 12.2. The Morgan fingerprint density at radius 2 is 1.82 bits per heavy atom. The first-order valence-corrected chi connectivity index (χ1v) is 3.44. The van der Waals surface area contributed by atoms with Crippen molar-refractivity contribution in [3.8, 4) is 0 Å². The molecule has 0 N–H and O–H groups in total. The maximum Gasteiger partial charge on any atom is 0.449 e. The van der Waals surface area contributed by atoms with Crippen LogP contribution in [0.5, 0.6) is 0 Å². The number of hydrogen-bond donors (Lipinski definition) is 0. The van der Waals surface area contributed by atoms with Gasteiger partial charge in [-0.25, -0.2) is 0 Å². The summed E-state index contributed by atoms with van der Waals surface area (Å²) >= 11 is 0. The van der Waals surface area contributed by atoms with Gasteiger partial charge < -0.3 is 0 Å². The predicted molar refractivity (Wildman–Crippen MR) is 35.1 cm³/mol. The molecule has 66 valence electrons. The van der Waals surface area contributed by atoms with Crippen LogP contribution in [0.25, 0.3) is 0 Å². The van der Waals surface area contributed by atoms with Gasteiger partial charge in [-0.2, -0.15) is 13.2 Å². The SMILES string of the molecule is CC(C)CCC(=O)C(F)(F)F. The molecule has 0 aliphatic rings. The van der Waals surface area contributed by atoms with Crippen LogP contribution in [-0.4, -0.2) is 12.0 Å². The summed E-state index contributed by atoms with van der Waals surface area (Å²) < 4.78 is 34.7. The zero-order chi connectivity index (χ0) is 9.07. The molecule has 0 spiro atoms. The molecule has 0 heterocycles. The predicted octanol–water partition coefficient (Wildman–Crippen LogP) is 2.55. The second kappa shape index (κ2) is 3.74. The lowest BCUT2D eigenvalue weighted by Crippen LogP contribution is -2.22. The van der Waals surface area contributed by atoms with E-state index < -0.39 is 12.0 Å². The van der Waals surface area contributed by atoms with Crippen molar-refractivity contribution in [1.82, 2.24) is 0 Å². The van der Waals surface area contributed by atoms with Crippen molar-refractivity contribution in [3.63, 3.8) is 0 Å². The zero-order valence-corrected chi connectivity index (χ0v) is 6.53. The lowest BCUT2D eigenvalue weighted by molar-refractivity contribution is -0.171. The Hall–Kier alpha value is -0.540. The number of carbonyl (C=O) groups excluding carboxylic acids is 1. The van der Waals surface area contributed by atoms with E-state index in [4.69, 9.17) is 0 Å². The van der Waals surface area contributed by atoms with Crippen molar-refractivity contribution in [2.45, 2.75) is 32.9 Å². The monoisotopic (exact) mass is 168 g/mol. The molecule has 1 nitrogen and oxygen atoms in total. The van der Waals surface area contributed by atoms with Crippen LogP contribution in [0.3, 0.4) is 0 Å². The summed E-state index contributed by atoms with van der Waals surface area (Å²) in [5, 5.41) is 0. The number of rotatable bonds is 3. The van der Waals surface area contributed by atoms with Crippen LogP contribution in [0.15, 0.2) is 0 Å². The summed E-state index contributed by atoms with van der Waals surface area (Å²) in [5.41, 5.74) is 0. The highest BCUT2D eigenvalue weighted by molar-refractivity contribution is 5.83. The third-order valence-electron chi connectivity index (χ3n) is 1.26. The summed E-state index contributed by atoms with van der Waals surface area (Å²) in [4.78, 5) is 10.2. The fourth-order valence-electron chi connectivity index (χ4n) is 0.562. The molecule has 0 aliphatic carbocycles. The lowest BCUT2D eigenvalue weighted by atomic mass is 10.1. The van der Waals surface area contributed by atoms with Gasteiger partial charge in [-0.3, -0.25) is 4.79 Å². The van der Waals surface area contributed by atoms with E-state index in [-0.39, 0.29) is 12.3 Å². The standard InChI is InChI=1S/C7H11F3O/c1-5(2)3-4-6(11)7(8,9)10/h5H,3-4H2,1-2H3. The quantitative estimate of drug-likeness (QED) is 0.632. The largest absolute Gasteiger partial charge is 0.449 e. The third kappa shape index (κ3) is 4.81. The number of ketones is 1. The van der Waals surface area contributed by atoms with Gasteiger partial charge in [-0.1, -0.05) is 13.8 Å². The minimum atomic E-state index is -4.64. The fourth-order valence-corrected chi connectivity index (χ4v) is 0.562. The molecule has 0 aromatic rings. The van der Waals surface area contributed by atoms with Gasteiger partial charge in [0.1, 0.15) is 0 Å². The Morgan fingerprint density at radius 3 is 2.09 bits per heavy atom. The van der Waals surface area contributed by atoms with E-state index in [2.05, 4.69) is 0 Å². The van der Waals surface area contributed by atoms with Crippen LogP contribution >= 0.6 is 0 Å². The van der Waals surface area contributed by atoms with Crippen molar-refractivity contribution < 1.29 is 18.0 Å². The molecule has 0 bridgehead atoms. The second-order valence-corrected chi connectivity index (χ2v) is 2.85. The molecule has 0 radical (unpaired) electrons. The molecule has 11 heavy (non-hydrogen) atoms. The molecule has 0 saturated carbocycles. The molecule has 0 rings (SSSR count). The third-order valence-corrected chi connectivity index (χ3v) is 1.26. The molecule has 0 aliphatic heterocycles. The molecule has 4 heteroatoms. The topological polar surface area (TPSA) is 17.1 Å². The van der Waals surface area contributed by atoms with Crippen LogP contribution < -0.4 is 0 Å². The zero-order valence-electron chi connectivity index (χ0n) is 6.53. The van der Waals surface area contributed by atoms with Crippen molar-refractivity contribution >= 4 is 5.78 Å². The van der Waals surface area contributed by atoms with Crippen molar-refractivity contribution in [2.75, 3.05) is 0 Å². The van der Waals surface area contributed by atoms with Gasteiger partial charge >= 0.3 is 6.18 Å². The maximum absolute atomic E-state index is 11.6. The molecule has 0 amide bonds. The minimum absolute atomic E-state index is 0.140. The molecule has 0 atom stereocenters. The number of hydrogen-bond acceptors (Lipinski definition) is 1. The van der Waals surface area contributed by atoms with Crippen LogP contribution in [0.2, 0.25) is 0 Å². The van der Waals surface area contributed by atoms with E-state index in [0.717, 1.165) is 0 Å². The highest BCUT2D eigenvalue weighted by atomic mass is 19.4. The van der Waals surface area contributed by atoms with Gasteiger partial charge in [0.25, 0.3) is 0 Å². The highest BCUT2D eigenvalue weighted by Gasteiger charge is 2.37. The van der Waals surface area contributed by atoms with Gasteiger partial charge in [0, 0.05) is 6.42 Å².